The van der Waals surface area contributed by atoms with Crippen LogP contribution < -0.4 is 0 Å². The van der Waals surface area contributed by atoms with Gasteiger partial charge >= 0.3 is 0 Å². The molecule has 20 heavy (non-hydrogen) atoms. The van der Waals surface area contributed by atoms with Crippen molar-refractivity contribution < 1.29 is 13.9 Å². The van der Waals surface area contributed by atoms with Crippen LogP contribution in [0.3, 0.4) is 0 Å². The first-order chi connectivity index (χ1) is 9.45. The van der Waals surface area contributed by atoms with Crippen LogP contribution in [0.2, 0.25) is 0 Å². The molecule has 7 heteroatoms. The predicted octanol–water partition coefficient (Wildman–Crippen LogP) is 1.91. The van der Waals surface area contributed by atoms with E-state index >= 15 is 0 Å². The lowest BCUT2D eigenvalue weighted by Crippen LogP contribution is -2.43. The first kappa shape index (κ1) is 13.5. The normalized spacial score (nSPS) is 19.6. The molecule has 1 N–H and O–H groups in total. The number of thiol groups is 1. The van der Waals surface area contributed by atoms with Crippen molar-refractivity contribution in [1.82, 2.24) is 14.8 Å². The number of aliphatic hydroxyl groups is 1. The number of hydrogen-bond acceptors (Lipinski definition) is 4. The molecule has 1 atom stereocenters. The Morgan fingerprint density at radius 2 is 2.15 bits per heavy atom. The maximum atomic E-state index is 14.1. The lowest BCUT2D eigenvalue weighted by atomic mass is 9.87. The standard InChI is InChI=1S/C13H13F2N3OS/c14-9-1-2-10(11(15)5-9)13(19,12(20)3-4-12)6-18-8-16-7-17-18/h1-2,5,7-8,19-20H,3-4,6H2/t13-/m1/s1. The number of benzene rings is 1. The van der Waals surface area contributed by atoms with Gasteiger partial charge in [-0.2, -0.15) is 17.7 Å². The largest absolute Gasteiger partial charge is 0.382 e. The fourth-order valence-corrected chi connectivity index (χ4v) is 2.69. The fraction of sp³-hybridized carbons (Fsp3) is 0.385. The van der Waals surface area contributed by atoms with E-state index in [2.05, 4.69) is 22.7 Å². The van der Waals surface area contributed by atoms with Crippen molar-refractivity contribution >= 4 is 12.6 Å². The topological polar surface area (TPSA) is 50.9 Å². The van der Waals surface area contributed by atoms with Crippen molar-refractivity contribution in [2.75, 3.05) is 0 Å². The summed E-state index contributed by atoms with van der Waals surface area (Å²) in [6.07, 6.45) is 4.07. The molecule has 1 aromatic carbocycles. The Bertz CT molecular complexity index is 631. The van der Waals surface area contributed by atoms with Crippen molar-refractivity contribution in [3.05, 3.63) is 48.1 Å². The van der Waals surface area contributed by atoms with Gasteiger partial charge in [-0.1, -0.05) is 6.07 Å². The molecule has 1 aliphatic rings. The number of hydrogen-bond donors (Lipinski definition) is 2. The first-order valence-corrected chi connectivity index (χ1v) is 6.62. The highest BCUT2D eigenvalue weighted by atomic mass is 32.1. The maximum Gasteiger partial charge on any atom is 0.137 e. The Morgan fingerprint density at radius 3 is 2.70 bits per heavy atom. The third-order valence-electron chi connectivity index (χ3n) is 3.73. The zero-order valence-corrected chi connectivity index (χ0v) is 11.4. The van der Waals surface area contributed by atoms with Gasteiger partial charge in [0.1, 0.15) is 29.9 Å². The minimum Gasteiger partial charge on any atom is -0.382 e. The number of aromatic nitrogens is 3. The first-order valence-electron chi connectivity index (χ1n) is 6.17. The summed E-state index contributed by atoms with van der Waals surface area (Å²) in [7, 11) is 0. The molecule has 1 fully saturated rings. The van der Waals surface area contributed by atoms with Crippen LogP contribution in [0.4, 0.5) is 8.78 Å². The summed E-state index contributed by atoms with van der Waals surface area (Å²) >= 11 is 4.47. The number of rotatable bonds is 4. The molecule has 3 rings (SSSR count). The van der Waals surface area contributed by atoms with E-state index in [0.29, 0.717) is 12.8 Å². The Hall–Kier alpha value is -1.47. The monoisotopic (exact) mass is 297 g/mol. The molecule has 1 aromatic heterocycles. The smallest absolute Gasteiger partial charge is 0.137 e. The predicted molar refractivity (Wildman–Crippen MR) is 71.2 cm³/mol. The van der Waals surface area contributed by atoms with Gasteiger partial charge in [0, 0.05) is 16.4 Å². The van der Waals surface area contributed by atoms with Crippen molar-refractivity contribution in [3.8, 4) is 0 Å². The fourth-order valence-electron chi connectivity index (χ4n) is 2.39. The second-order valence-corrected chi connectivity index (χ2v) is 5.97. The SMILES string of the molecule is O[C@](Cn1cncn1)(c1ccc(F)cc1F)C1(S)CC1. The molecule has 0 amide bonds. The van der Waals surface area contributed by atoms with E-state index in [9.17, 15) is 13.9 Å². The average Bonchev–Trinajstić information content (AvgIpc) is 2.95. The highest BCUT2D eigenvalue weighted by Gasteiger charge is 2.58. The summed E-state index contributed by atoms with van der Waals surface area (Å²) in [6, 6.07) is 3.16. The van der Waals surface area contributed by atoms with Crippen LogP contribution in [-0.4, -0.2) is 24.6 Å². The molecule has 1 heterocycles. The molecule has 4 nitrogen and oxygen atoms in total. The minimum absolute atomic E-state index is 0.0129. The summed E-state index contributed by atoms with van der Waals surface area (Å²) in [5.74, 6) is -1.47. The lowest BCUT2D eigenvalue weighted by molar-refractivity contribution is 0.00219. The van der Waals surface area contributed by atoms with Gasteiger partial charge in [0.05, 0.1) is 6.54 Å². The quantitative estimate of drug-likeness (QED) is 0.848. The Morgan fingerprint density at radius 1 is 1.40 bits per heavy atom. The maximum absolute atomic E-state index is 14.1. The lowest BCUT2D eigenvalue weighted by Gasteiger charge is -2.34. The average molecular weight is 297 g/mol. The Labute approximate surface area is 119 Å². The van der Waals surface area contributed by atoms with E-state index in [1.165, 1.54) is 23.4 Å². The molecule has 0 bridgehead atoms. The molecule has 0 aliphatic heterocycles. The van der Waals surface area contributed by atoms with E-state index in [4.69, 9.17) is 0 Å². The van der Waals surface area contributed by atoms with Gasteiger partial charge in [-0.3, -0.25) is 0 Å². The summed E-state index contributed by atoms with van der Waals surface area (Å²) in [5.41, 5.74) is -1.54. The molecule has 0 spiro atoms. The summed E-state index contributed by atoms with van der Waals surface area (Å²) in [6.45, 7) is 0.0129. The molecular weight excluding hydrogens is 284 g/mol. The van der Waals surface area contributed by atoms with Crippen LogP contribution in [0.5, 0.6) is 0 Å². The molecule has 0 unspecified atom stereocenters. The van der Waals surface area contributed by atoms with E-state index in [1.807, 2.05) is 0 Å². The summed E-state index contributed by atoms with van der Waals surface area (Å²) in [5, 5.41) is 14.9. The van der Waals surface area contributed by atoms with Crippen molar-refractivity contribution in [3.63, 3.8) is 0 Å². The van der Waals surface area contributed by atoms with Crippen LogP contribution in [0.15, 0.2) is 30.9 Å². The molecule has 0 saturated heterocycles. The molecular formula is C13H13F2N3OS. The van der Waals surface area contributed by atoms with Gasteiger partial charge in [-0.05, 0) is 18.9 Å². The van der Waals surface area contributed by atoms with Crippen LogP contribution in [-0.2, 0) is 12.1 Å². The van der Waals surface area contributed by atoms with Gasteiger partial charge < -0.3 is 5.11 Å². The second kappa shape index (κ2) is 4.53. The van der Waals surface area contributed by atoms with Crippen LogP contribution in [0.25, 0.3) is 0 Å². The number of nitrogens with zero attached hydrogens (tertiary/aromatic N) is 3. The van der Waals surface area contributed by atoms with E-state index in [0.717, 1.165) is 12.1 Å². The zero-order chi connectivity index (χ0) is 14.4. The second-order valence-electron chi connectivity index (χ2n) is 5.11. The molecule has 1 saturated carbocycles. The van der Waals surface area contributed by atoms with Gasteiger partial charge in [-0.15, -0.1) is 0 Å². The Kier molecular flexibility index (Phi) is 3.06. The third-order valence-corrected chi connectivity index (χ3v) is 4.54. The van der Waals surface area contributed by atoms with Gasteiger partial charge in [0.2, 0.25) is 0 Å². The molecule has 1 aliphatic carbocycles. The van der Waals surface area contributed by atoms with Crippen LogP contribution in [0, 0.1) is 11.6 Å². The van der Waals surface area contributed by atoms with E-state index in [-0.39, 0.29) is 12.1 Å². The summed E-state index contributed by atoms with van der Waals surface area (Å²) in [4.78, 5) is 3.80. The summed E-state index contributed by atoms with van der Waals surface area (Å²) < 4.78 is 27.8. The minimum atomic E-state index is -1.57. The molecule has 106 valence electrons. The number of halogens is 2. The highest BCUT2D eigenvalue weighted by Crippen LogP contribution is 2.56. The van der Waals surface area contributed by atoms with Gasteiger partial charge in [-0.25, -0.2) is 18.4 Å². The Balaban J connectivity index is 2.06. The third kappa shape index (κ3) is 2.10. The van der Waals surface area contributed by atoms with Crippen LogP contribution in [0.1, 0.15) is 18.4 Å². The van der Waals surface area contributed by atoms with Gasteiger partial charge in [0.25, 0.3) is 0 Å². The van der Waals surface area contributed by atoms with E-state index in [1.54, 1.807) is 0 Å². The van der Waals surface area contributed by atoms with Gasteiger partial charge in [0.15, 0.2) is 0 Å². The highest BCUT2D eigenvalue weighted by molar-refractivity contribution is 7.82. The van der Waals surface area contributed by atoms with E-state index < -0.39 is 22.0 Å². The molecule has 0 radical (unpaired) electrons. The molecule has 2 aromatic rings. The van der Waals surface area contributed by atoms with Crippen LogP contribution >= 0.6 is 12.6 Å². The zero-order valence-electron chi connectivity index (χ0n) is 10.5. The van der Waals surface area contributed by atoms with Crippen molar-refractivity contribution in [2.24, 2.45) is 0 Å². The van der Waals surface area contributed by atoms with Crippen molar-refractivity contribution in [2.45, 2.75) is 29.7 Å². The van der Waals surface area contributed by atoms with Crippen molar-refractivity contribution in [1.29, 1.82) is 0 Å².